The Labute approximate surface area is 91.3 Å². The summed E-state index contributed by atoms with van der Waals surface area (Å²) in [5, 5.41) is 13.0. The van der Waals surface area contributed by atoms with E-state index in [1.165, 1.54) is 0 Å². The quantitative estimate of drug-likeness (QED) is 0.664. The lowest BCUT2D eigenvalue weighted by Crippen LogP contribution is -2.32. The van der Waals surface area contributed by atoms with Crippen molar-refractivity contribution in [3.8, 4) is 0 Å². The molecule has 0 aliphatic rings. The van der Waals surface area contributed by atoms with Gasteiger partial charge in [0.25, 0.3) is 0 Å². The fourth-order valence-corrected chi connectivity index (χ4v) is 1.33. The van der Waals surface area contributed by atoms with Crippen LogP contribution < -0.4 is 11.1 Å². The second-order valence-corrected chi connectivity index (χ2v) is 4.34. The molecule has 3 heteroatoms. The van der Waals surface area contributed by atoms with Crippen molar-refractivity contribution in [2.24, 2.45) is 0 Å². The summed E-state index contributed by atoms with van der Waals surface area (Å²) in [6, 6.07) is 5.81. The van der Waals surface area contributed by atoms with E-state index in [0.29, 0.717) is 6.54 Å². The van der Waals surface area contributed by atoms with E-state index in [1.54, 1.807) is 0 Å². The number of anilines is 2. The average Bonchev–Trinajstić information content (AvgIpc) is 2.14. The summed E-state index contributed by atoms with van der Waals surface area (Å²) < 4.78 is 0. The molecule has 3 nitrogen and oxygen atoms in total. The van der Waals surface area contributed by atoms with Crippen LogP contribution in [0.3, 0.4) is 0 Å². The van der Waals surface area contributed by atoms with E-state index >= 15 is 0 Å². The molecule has 0 radical (unpaired) electrons. The third-order valence-corrected chi connectivity index (χ3v) is 2.53. The standard InChI is InChI=1S/C12H20N2O/c1-4-12(3,15)8-14-11-6-9(2)5-10(13)7-11/h5-7,14-15H,4,8,13H2,1-3H3. The smallest absolute Gasteiger partial charge is 0.0788 e. The Morgan fingerprint density at radius 2 is 2.07 bits per heavy atom. The highest BCUT2D eigenvalue weighted by molar-refractivity contribution is 5.56. The summed E-state index contributed by atoms with van der Waals surface area (Å²) in [6.07, 6.45) is 0.724. The van der Waals surface area contributed by atoms with Crippen LogP contribution in [0.25, 0.3) is 0 Å². The minimum absolute atomic E-state index is 0.534. The average molecular weight is 208 g/mol. The molecule has 0 aliphatic heterocycles. The normalized spacial score (nSPS) is 14.7. The third kappa shape index (κ3) is 3.80. The maximum absolute atomic E-state index is 9.83. The predicted octanol–water partition coefficient (Wildman–Crippen LogP) is 2.15. The molecule has 0 aliphatic carbocycles. The van der Waals surface area contributed by atoms with Gasteiger partial charge in [-0.15, -0.1) is 0 Å². The van der Waals surface area contributed by atoms with Crippen molar-refractivity contribution in [1.29, 1.82) is 0 Å². The van der Waals surface area contributed by atoms with Gasteiger partial charge in [0.15, 0.2) is 0 Å². The minimum Gasteiger partial charge on any atom is -0.399 e. The van der Waals surface area contributed by atoms with E-state index in [1.807, 2.05) is 39.0 Å². The van der Waals surface area contributed by atoms with E-state index in [-0.39, 0.29) is 0 Å². The maximum atomic E-state index is 9.83. The van der Waals surface area contributed by atoms with Crippen molar-refractivity contribution in [2.75, 3.05) is 17.6 Å². The van der Waals surface area contributed by atoms with Crippen LogP contribution in [0.2, 0.25) is 0 Å². The fraction of sp³-hybridized carbons (Fsp3) is 0.500. The summed E-state index contributed by atoms with van der Waals surface area (Å²) in [6.45, 7) is 6.32. The van der Waals surface area contributed by atoms with Gasteiger partial charge in [-0.2, -0.15) is 0 Å². The van der Waals surface area contributed by atoms with Crippen molar-refractivity contribution in [1.82, 2.24) is 0 Å². The molecular formula is C12H20N2O. The number of rotatable bonds is 4. The molecule has 1 aromatic rings. The van der Waals surface area contributed by atoms with Crippen LogP contribution in [0.4, 0.5) is 11.4 Å². The molecule has 0 aromatic heterocycles. The molecule has 0 spiro atoms. The van der Waals surface area contributed by atoms with Gasteiger partial charge < -0.3 is 16.2 Å². The van der Waals surface area contributed by atoms with Gasteiger partial charge >= 0.3 is 0 Å². The molecule has 1 rings (SSSR count). The predicted molar refractivity (Wildman–Crippen MR) is 65.0 cm³/mol. The fourth-order valence-electron chi connectivity index (χ4n) is 1.33. The van der Waals surface area contributed by atoms with Crippen LogP contribution in [0, 0.1) is 6.92 Å². The van der Waals surface area contributed by atoms with Crippen LogP contribution in [0.1, 0.15) is 25.8 Å². The van der Waals surface area contributed by atoms with Gasteiger partial charge in [0.1, 0.15) is 0 Å². The SMILES string of the molecule is CCC(C)(O)CNc1cc(C)cc(N)c1. The molecule has 0 fully saturated rings. The second-order valence-electron chi connectivity index (χ2n) is 4.34. The zero-order valence-electron chi connectivity index (χ0n) is 9.67. The highest BCUT2D eigenvalue weighted by atomic mass is 16.3. The lowest BCUT2D eigenvalue weighted by atomic mass is 10.0. The largest absolute Gasteiger partial charge is 0.399 e. The van der Waals surface area contributed by atoms with Gasteiger partial charge in [-0.3, -0.25) is 0 Å². The van der Waals surface area contributed by atoms with Crippen molar-refractivity contribution >= 4 is 11.4 Å². The lowest BCUT2D eigenvalue weighted by molar-refractivity contribution is 0.0697. The highest BCUT2D eigenvalue weighted by Gasteiger charge is 2.16. The van der Waals surface area contributed by atoms with Gasteiger partial charge in [-0.05, 0) is 44.0 Å². The zero-order valence-corrected chi connectivity index (χ0v) is 9.67. The van der Waals surface area contributed by atoms with E-state index in [2.05, 4.69) is 5.32 Å². The number of aliphatic hydroxyl groups is 1. The first-order valence-corrected chi connectivity index (χ1v) is 5.26. The van der Waals surface area contributed by atoms with Gasteiger partial charge in [-0.25, -0.2) is 0 Å². The first kappa shape index (κ1) is 11.9. The Morgan fingerprint density at radius 1 is 1.40 bits per heavy atom. The number of hydrogen-bond donors (Lipinski definition) is 3. The van der Waals surface area contributed by atoms with E-state index < -0.39 is 5.60 Å². The first-order valence-electron chi connectivity index (χ1n) is 5.26. The molecule has 15 heavy (non-hydrogen) atoms. The van der Waals surface area contributed by atoms with Crippen molar-refractivity contribution in [3.63, 3.8) is 0 Å². The third-order valence-electron chi connectivity index (χ3n) is 2.53. The van der Waals surface area contributed by atoms with Gasteiger partial charge in [0.05, 0.1) is 5.60 Å². The maximum Gasteiger partial charge on any atom is 0.0788 e. The Balaban J connectivity index is 2.65. The van der Waals surface area contributed by atoms with E-state index in [9.17, 15) is 5.11 Å². The van der Waals surface area contributed by atoms with Crippen LogP contribution in [-0.2, 0) is 0 Å². The van der Waals surface area contributed by atoms with Crippen LogP contribution in [-0.4, -0.2) is 17.3 Å². The van der Waals surface area contributed by atoms with Crippen LogP contribution in [0.15, 0.2) is 18.2 Å². The summed E-state index contributed by atoms with van der Waals surface area (Å²) in [4.78, 5) is 0. The molecule has 4 N–H and O–H groups in total. The van der Waals surface area contributed by atoms with Crippen molar-refractivity contribution < 1.29 is 5.11 Å². The van der Waals surface area contributed by atoms with Gasteiger partial charge in [0.2, 0.25) is 0 Å². The van der Waals surface area contributed by atoms with E-state index in [4.69, 9.17) is 5.73 Å². The van der Waals surface area contributed by atoms with Crippen LogP contribution in [0.5, 0.6) is 0 Å². The number of aryl methyl sites for hydroxylation is 1. The molecule has 0 amide bonds. The molecule has 84 valence electrons. The minimum atomic E-state index is -0.668. The topological polar surface area (TPSA) is 58.3 Å². The molecule has 1 atom stereocenters. The first-order chi connectivity index (χ1) is 6.93. The monoisotopic (exact) mass is 208 g/mol. The molecule has 1 aromatic carbocycles. The van der Waals surface area contributed by atoms with Crippen molar-refractivity contribution in [2.45, 2.75) is 32.8 Å². The molecule has 0 saturated heterocycles. The Morgan fingerprint density at radius 3 is 2.60 bits per heavy atom. The number of nitrogen functional groups attached to an aromatic ring is 1. The molecule has 0 saturated carbocycles. The van der Waals surface area contributed by atoms with Crippen LogP contribution >= 0.6 is 0 Å². The molecule has 0 bridgehead atoms. The molecular weight excluding hydrogens is 188 g/mol. The molecule has 1 unspecified atom stereocenters. The number of benzene rings is 1. The Kier molecular flexibility index (Phi) is 3.58. The van der Waals surface area contributed by atoms with Gasteiger partial charge in [0, 0.05) is 17.9 Å². The summed E-state index contributed by atoms with van der Waals surface area (Å²) in [7, 11) is 0. The number of nitrogens with two attached hydrogens (primary N) is 1. The van der Waals surface area contributed by atoms with Crippen molar-refractivity contribution in [3.05, 3.63) is 23.8 Å². The second kappa shape index (κ2) is 4.53. The summed E-state index contributed by atoms with van der Waals surface area (Å²) in [5.41, 5.74) is 7.88. The van der Waals surface area contributed by atoms with E-state index in [0.717, 1.165) is 23.4 Å². The highest BCUT2D eigenvalue weighted by Crippen LogP contribution is 2.17. The van der Waals surface area contributed by atoms with Gasteiger partial charge in [-0.1, -0.05) is 6.92 Å². The number of nitrogens with one attached hydrogen (secondary N) is 1. The Hall–Kier alpha value is -1.22. The number of hydrogen-bond acceptors (Lipinski definition) is 3. The lowest BCUT2D eigenvalue weighted by Gasteiger charge is -2.22. The summed E-state index contributed by atoms with van der Waals surface area (Å²) >= 11 is 0. The Bertz CT molecular complexity index is 314. The molecule has 0 heterocycles. The zero-order chi connectivity index (χ0) is 11.5. The summed E-state index contributed by atoms with van der Waals surface area (Å²) in [5.74, 6) is 0.